The number of amides is 2. The highest BCUT2D eigenvalue weighted by Crippen LogP contribution is 2.41. The lowest BCUT2D eigenvalue weighted by molar-refractivity contribution is -0.122. The van der Waals surface area contributed by atoms with E-state index in [-0.39, 0.29) is 17.9 Å². The van der Waals surface area contributed by atoms with Crippen LogP contribution in [-0.2, 0) is 9.53 Å². The molecule has 9 nitrogen and oxygen atoms in total. The largest absolute Gasteiger partial charge is 0.456 e. The molecule has 34 heavy (non-hydrogen) atoms. The summed E-state index contributed by atoms with van der Waals surface area (Å²) in [5.41, 5.74) is 6.46. The third-order valence-electron chi connectivity index (χ3n) is 6.32. The number of pyridine rings is 2. The van der Waals surface area contributed by atoms with Gasteiger partial charge in [-0.1, -0.05) is 6.07 Å². The SMILES string of the molecule is Nc1ccc(Oc2cccnc2)cc1NC(=O)C1CCC2(CC1)CN(c1ccccn1)C(=O)O2. The number of carbonyl (C=O) groups excluding carboxylic acids is 2. The van der Waals surface area contributed by atoms with Gasteiger partial charge in [-0.3, -0.25) is 14.7 Å². The number of ether oxygens (including phenoxy) is 2. The second-order valence-electron chi connectivity index (χ2n) is 8.63. The maximum atomic E-state index is 13.0. The summed E-state index contributed by atoms with van der Waals surface area (Å²) in [5.74, 6) is 1.41. The Morgan fingerprint density at radius 3 is 2.71 bits per heavy atom. The first-order chi connectivity index (χ1) is 16.5. The maximum Gasteiger partial charge on any atom is 0.416 e. The van der Waals surface area contributed by atoms with Crippen LogP contribution in [0.4, 0.5) is 22.0 Å². The topological polar surface area (TPSA) is 120 Å². The Labute approximate surface area is 196 Å². The van der Waals surface area contributed by atoms with Gasteiger partial charge in [0.05, 0.1) is 24.1 Å². The van der Waals surface area contributed by atoms with Crippen molar-refractivity contribution in [3.8, 4) is 11.5 Å². The molecule has 174 valence electrons. The van der Waals surface area contributed by atoms with Crippen LogP contribution in [0.3, 0.4) is 0 Å². The molecule has 0 unspecified atom stereocenters. The number of rotatable bonds is 5. The minimum atomic E-state index is -0.581. The number of nitrogens with zero attached hydrogens (tertiary/aromatic N) is 3. The lowest BCUT2D eigenvalue weighted by Crippen LogP contribution is -2.41. The average molecular weight is 460 g/mol. The minimum absolute atomic E-state index is 0.106. The molecule has 1 spiro atoms. The van der Waals surface area contributed by atoms with E-state index in [0.717, 1.165) is 0 Å². The molecular formula is C25H25N5O4. The maximum absolute atomic E-state index is 13.0. The van der Waals surface area contributed by atoms with E-state index in [1.165, 1.54) is 0 Å². The fraction of sp³-hybridized carbons (Fsp3) is 0.280. The zero-order chi connectivity index (χ0) is 23.5. The first kappa shape index (κ1) is 21.7. The van der Waals surface area contributed by atoms with E-state index in [9.17, 15) is 9.59 Å². The van der Waals surface area contributed by atoms with Crippen LogP contribution >= 0.6 is 0 Å². The van der Waals surface area contributed by atoms with Crippen molar-refractivity contribution < 1.29 is 19.1 Å². The molecule has 1 aromatic carbocycles. The van der Waals surface area contributed by atoms with E-state index in [0.29, 0.717) is 60.9 Å². The molecule has 2 aliphatic rings. The monoisotopic (exact) mass is 459 g/mol. The van der Waals surface area contributed by atoms with Gasteiger partial charge in [-0.25, -0.2) is 9.78 Å². The summed E-state index contributed by atoms with van der Waals surface area (Å²) >= 11 is 0. The summed E-state index contributed by atoms with van der Waals surface area (Å²) in [6.45, 7) is 0.442. The molecule has 0 bridgehead atoms. The van der Waals surface area contributed by atoms with E-state index >= 15 is 0 Å². The number of benzene rings is 1. The van der Waals surface area contributed by atoms with Crippen molar-refractivity contribution in [3.05, 3.63) is 67.1 Å². The number of anilines is 3. The summed E-state index contributed by atoms with van der Waals surface area (Å²) in [6.07, 6.45) is 6.98. The molecule has 3 heterocycles. The highest BCUT2D eigenvalue weighted by atomic mass is 16.6. The Balaban J connectivity index is 1.20. The zero-order valence-corrected chi connectivity index (χ0v) is 18.5. The normalized spacial score (nSPS) is 21.8. The van der Waals surface area contributed by atoms with Crippen LogP contribution in [0.25, 0.3) is 0 Å². The van der Waals surface area contributed by atoms with Gasteiger partial charge in [-0.15, -0.1) is 0 Å². The van der Waals surface area contributed by atoms with Crippen molar-refractivity contribution in [1.29, 1.82) is 0 Å². The molecule has 1 aliphatic carbocycles. The number of hydrogen-bond donors (Lipinski definition) is 2. The molecule has 1 aliphatic heterocycles. The van der Waals surface area contributed by atoms with Crippen molar-refractivity contribution >= 4 is 29.2 Å². The van der Waals surface area contributed by atoms with Crippen LogP contribution in [0.5, 0.6) is 11.5 Å². The Bertz CT molecular complexity index is 1180. The Morgan fingerprint density at radius 1 is 1.12 bits per heavy atom. The predicted molar refractivity (Wildman–Crippen MR) is 127 cm³/mol. The molecule has 0 radical (unpaired) electrons. The Hall–Kier alpha value is -4.14. The third kappa shape index (κ3) is 4.50. The van der Waals surface area contributed by atoms with E-state index < -0.39 is 5.60 Å². The van der Waals surface area contributed by atoms with Crippen LogP contribution in [0.2, 0.25) is 0 Å². The van der Waals surface area contributed by atoms with Crippen LogP contribution in [0.1, 0.15) is 25.7 Å². The van der Waals surface area contributed by atoms with Gasteiger partial charge in [0.15, 0.2) is 0 Å². The molecule has 9 heteroatoms. The molecule has 3 aromatic rings. The first-order valence-electron chi connectivity index (χ1n) is 11.2. The first-order valence-corrected chi connectivity index (χ1v) is 11.2. The van der Waals surface area contributed by atoms with E-state index in [4.69, 9.17) is 15.2 Å². The quantitative estimate of drug-likeness (QED) is 0.544. The number of hydrogen-bond acceptors (Lipinski definition) is 7. The van der Waals surface area contributed by atoms with Gasteiger partial charge in [-0.05, 0) is 62.1 Å². The van der Waals surface area contributed by atoms with Crippen LogP contribution in [-0.4, -0.2) is 34.1 Å². The molecule has 2 aromatic heterocycles. The molecular weight excluding hydrogens is 434 g/mol. The predicted octanol–water partition coefficient (Wildman–Crippen LogP) is 4.38. The van der Waals surface area contributed by atoms with Gasteiger partial charge in [0, 0.05) is 24.4 Å². The van der Waals surface area contributed by atoms with Crippen LogP contribution in [0, 0.1) is 5.92 Å². The minimum Gasteiger partial charge on any atom is -0.456 e. The zero-order valence-electron chi connectivity index (χ0n) is 18.5. The number of carbonyl (C=O) groups is 2. The van der Waals surface area contributed by atoms with Crippen molar-refractivity contribution in [1.82, 2.24) is 9.97 Å². The van der Waals surface area contributed by atoms with Crippen molar-refractivity contribution in [2.45, 2.75) is 31.3 Å². The second-order valence-corrected chi connectivity index (χ2v) is 8.63. The number of aromatic nitrogens is 2. The molecule has 1 saturated carbocycles. The number of nitrogen functional groups attached to an aromatic ring is 1. The second kappa shape index (κ2) is 9.01. The molecule has 0 atom stereocenters. The average Bonchev–Trinajstić information content (AvgIpc) is 3.18. The van der Waals surface area contributed by atoms with Gasteiger partial charge < -0.3 is 20.5 Å². The van der Waals surface area contributed by atoms with Crippen molar-refractivity contribution in [3.63, 3.8) is 0 Å². The van der Waals surface area contributed by atoms with Gasteiger partial charge >= 0.3 is 6.09 Å². The van der Waals surface area contributed by atoms with Gasteiger partial charge in [0.1, 0.15) is 22.9 Å². The fourth-order valence-electron chi connectivity index (χ4n) is 4.46. The third-order valence-corrected chi connectivity index (χ3v) is 6.32. The summed E-state index contributed by atoms with van der Waals surface area (Å²) in [6, 6.07) is 14.1. The summed E-state index contributed by atoms with van der Waals surface area (Å²) in [7, 11) is 0. The Morgan fingerprint density at radius 2 is 1.97 bits per heavy atom. The molecule has 1 saturated heterocycles. The highest BCUT2D eigenvalue weighted by Gasteiger charge is 2.48. The molecule has 5 rings (SSSR count). The van der Waals surface area contributed by atoms with Crippen molar-refractivity contribution in [2.75, 3.05) is 22.5 Å². The molecule has 2 fully saturated rings. The fourth-order valence-corrected chi connectivity index (χ4v) is 4.46. The standard InChI is InChI=1S/C25H25N5O4/c26-20-7-6-18(33-19-4-3-12-27-15-19)14-21(20)29-23(31)17-8-10-25(11-9-17)16-30(24(32)34-25)22-5-1-2-13-28-22/h1-7,12-15,17H,8-11,16,26H2,(H,29,31). The van der Waals surface area contributed by atoms with Gasteiger partial charge in [0.25, 0.3) is 0 Å². The highest BCUT2D eigenvalue weighted by molar-refractivity contribution is 5.96. The Kier molecular flexibility index (Phi) is 5.75. The summed E-state index contributed by atoms with van der Waals surface area (Å²) in [5, 5.41) is 2.94. The van der Waals surface area contributed by atoms with Crippen molar-refractivity contribution in [2.24, 2.45) is 5.92 Å². The van der Waals surface area contributed by atoms with E-state index in [1.807, 2.05) is 6.07 Å². The van der Waals surface area contributed by atoms with E-state index in [2.05, 4.69) is 15.3 Å². The summed E-state index contributed by atoms with van der Waals surface area (Å²) < 4.78 is 11.6. The smallest absolute Gasteiger partial charge is 0.416 e. The van der Waals surface area contributed by atoms with Crippen LogP contribution in [0.15, 0.2) is 67.1 Å². The van der Waals surface area contributed by atoms with Gasteiger partial charge in [-0.2, -0.15) is 0 Å². The van der Waals surface area contributed by atoms with Gasteiger partial charge in [0.2, 0.25) is 5.91 Å². The number of nitrogens with two attached hydrogens (primary N) is 1. The lowest BCUT2D eigenvalue weighted by atomic mass is 9.78. The summed E-state index contributed by atoms with van der Waals surface area (Å²) in [4.78, 5) is 35.3. The lowest BCUT2D eigenvalue weighted by Gasteiger charge is -2.34. The van der Waals surface area contributed by atoms with Crippen LogP contribution < -0.4 is 20.7 Å². The van der Waals surface area contributed by atoms with E-state index in [1.54, 1.807) is 66.0 Å². The molecule has 2 amide bonds. The number of nitrogens with one attached hydrogen (secondary N) is 1. The molecule has 3 N–H and O–H groups in total.